The van der Waals surface area contributed by atoms with Crippen LogP contribution in [-0.4, -0.2) is 35.6 Å². The van der Waals surface area contributed by atoms with E-state index in [1.54, 1.807) is 30.6 Å². The monoisotopic (exact) mass is 432 g/mol. The second-order valence-corrected chi connectivity index (χ2v) is 7.64. The van der Waals surface area contributed by atoms with Crippen LogP contribution < -0.4 is 19.7 Å². The van der Waals surface area contributed by atoms with Crippen LogP contribution in [0.3, 0.4) is 0 Å². The summed E-state index contributed by atoms with van der Waals surface area (Å²) in [4.78, 5) is 23.5. The highest BCUT2D eigenvalue weighted by Gasteiger charge is 2.14. The average molecular weight is 433 g/mol. The fourth-order valence-corrected chi connectivity index (χ4v) is 3.62. The summed E-state index contributed by atoms with van der Waals surface area (Å²) < 4.78 is 11.6. The van der Waals surface area contributed by atoms with Crippen molar-refractivity contribution in [2.75, 3.05) is 24.6 Å². The van der Waals surface area contributed by atoms with Crippen LogP contribution in [-0.2, 0) is 13.2 Å². The standard InChI is InChI=1S/C25H28N4O3/c1-2-31-23-15-21(6-7-22(23)32-18-19-9-11-26-12-10-19)25(30)28-17-20-5-8-24(27-16-20)29-13-3-4-14-29/h5-12,15-16H,2-4,13-14,17-18H2,1H3,(H,28,30). The number of pyridine rings is 2. The molecule has 1 aliphatic heterocycles. The van der Waals surface area contributed by atoms with E-state index in [1.807, 2.05) is 37.4 Å². The van der Waals surface area contributed by atoms with Gasteiger partial charge in [0.25, 0.3) is 5.91 Å². The first kappa shape index (κ1) is 21.6. The zero-order chi connectivity index (χ0) is 22.2. The van der Waals surface area contributed by atoms with Crippen LogP contribution in [0.2, 0.25) is 0 Å². The Morgan fingerprint density at radius 2 is 1.81 bits per heavy atom. The number of carbonyl (C=O) groups is 1. The molecule has 1 fully saturated rings. The summed E-state index contributed by atoms with van der Waals surface area (Å²) in [6.07, 6.45) is 7.72. The molecule has 32 heavy (non-hydrogen) atoms. The molecule has 0 atom stereocenters. The molecule has 3 heterocycles. The second kappa shape index (κ2) is 10.6. The Balaban J connectivity index is 1.36. The van der Waals surface area contributed by atoms with E-state index in [9.17, 15) is 4.79 Å². The van der Waals surface area contributed by atoms with Crippen molar-refractivity contribution in [1.29, 1.82) is 0 Å². The zero-order valence-corrected chi connectivity index (χ0v) is 18.3. The number of anilines is 1. The summed E-state index contributed by atoms with van der Waals surface area (Å²) in [5, 5.41) is 2.96. The minimum atomic E-state index is -0.171. The van der Waals surface area contributed by atoms with Crippen molar-refractivity contribution >= 4 is 11.7 Å². The number of hydrogen-bond donors (Lipinski definition) is 1. The average Bonchev–Trinajstić information content (AvgIpc) is 3.38. The maximum atomic E-state index is 12.7. The normalized spacial score (nSPS) is 13.1. The van der Waals surface area contributed by atoms with Crippen molar-refractivity contribution in [2.45, 2.75) is 32.9 Å². The molecule has 1 saturated heterocycles. The van der Waals surface area contributed by atoms with Gasteiger partial charge in [-0.2, -0.15) is 0 Å². The lowest BCUT2D eigenvalue weighted by molar-refractivity contribution is 0.0950. The molecule has 7 heteroatoms. The van der Waals surface area contributed by atoms with E-state index < -0.39 is 0 Å². The van der Waals surface area contributed by atoms with Gasteiger partial charge in [0.15, 0.2) is 11.5 Å². The van der Waals surface area contributed by atoms with Crippen molar-refractivity contribution in [2.24, 2.45) is 0 Å². The van der Waals surface area contributed by atoms with Crippen molar-refractivity contribution in [3.8, 4) is 11.5 Å². The summed E-state index contributed by atoms with van der Waals surface area (Å²) in [5.74, 6) is 1.98. The summed E-state index contributed by atoms with van der Waals surface area (Å²) in [6, 6.07) is 13.1. The highest BCUT2D eigenvalue weighted by molar-refractivity contribution is 5.94. The highest BCUT2D eigenvalue weighted by Crippen LogP contribution is 2.29. The lowest BCUT2D eigenvalue weighted by atomic mass is 10.1. The molecule has 2 aromatic heterocycles. The zero-order valence-electron chi connectivity index (χ0n) is 18.3. The SMILES string of the molecule is CCOc1cc(C(=O)NCc2ccc(N3CCCC3)nc2)ccc1OCc1ccncc1. The topological polar surface area (TPSA) is 76.6 Å². The molecule has 0 radical (unpaired) electrons. The number of ether oxygens (including phenoxy) is 2. The van der Waals surface area contributed by atoms with Crippen molar-refractivity contribution < 1.29 is 14.3 Å². The molecule has 1 aliphatic rings. The second-order valence-electron chi connectivity index (χ2n) is 7.64. The number of nitrogens with one attached hydrogen (secondary N) is 1. The Bertz CT molecular complexity index is 1020. The van der Waals surface area contributed by atoms with Crippen molar-refractivity contribution in [3.05, 3.63) is 77.7 Å². The van der Waals surface area contributed by atoms with E-state index in [0.717, 1.165) is 30.0 Å². The molecule has 3 aromatic rings. The fraction of sp³-hybridized carbons (Fsp3) is 0.320. The first-order chi connectivity index (χ1) is 15.7. The first-order valence-electron chi connectivity index (χ1n) is 11.0. The van der Waals surface area contributed by atoms with E-state index in [1.165, 1.54) is 12.8 Å². The quantitative estimate of drug-likeness (QED) is 0.551. The van der Waals surface area contributed by atoms with Crippen LogP contribution in [0.15, 0.2) is 61.1 Å². The van der Waals surface area contributed by atoms with Gasteiger partial charge in [0.05, 0.1) is 6.61 Å². The Morgan fingerprint density at radius 3 is 2.53 bits per heavy atom. The maximum absolute atomic E-state index is 12.7. The molecular weight excluding hydrogens is 404 g/mol. The number of benzene rings is 1. The Hall–Kier alpha value is -3.61. The molecular formula is C25H28N4O3. The minimum absolute atomic E-state index is 0.171. The lowest BCUT2D eigenvalue weighted by Crippen LogP contribution is -2.23. The third-order valence-electron chi connectivity index (χ3n) is 5.34. The van der Waals surface area contributed by atoms with Crippen molar-refractivity contribution in [1.82, 2.24) is 15.3 Å². The van der Waals surface area contributed by atoms with Gasteiger partial charge >= 0.3 is 0 Å². The van der Waals surface area contributed by atoms with Gasteiger partial charge < -0.3 is 19.7 Å². The summed E-state index contributed by atoms with van der Waals surface area (Å²) in [6.45, 7) is 5.32. The van der Waals surface area contributed by atoms with E-state index in [0.29, 0.717) is 36.8 Å². The Labute approximate surface area is 188 Å². The third kappa shape index (κ3) is 5.55. The van der Waals surface area contributed by atoms with Gasteiger partial charge in [-0.05, 0) is 67.3 Å². The van der Waals surface area contributed by atoms with E-state index in [2.05, 4.69) is 20.2 Å². The summed E-state index contributed by atoms with van der Waals surface area (Å²) in [7, 11) is 0. The molecule has 4 rings (SSSR count). The number of carbonyl (C=O) groups excluding carboxylic acids is 1. The van der Waals surface area contributed by atoms with Crippen LogP contribution in [0.5, 0.6) is 11.5 Å². The van der Waals surface area contributed by atoms with Gasteiger partial charge in [-0.25, -0.2) is 4.98 Å². The third-order valence-corrected chi connectivity index (χ3v) is 5.34. The van der Waals surface area contributed by atoms with Gasteiger partial charge in [0, 0.05) is 43.8 Å². The van der Waals surface area contributed by atoms with E-state index in [-0.39, 0.29) is 5.91 Å². The maximum Gasteiger partial charge on any atom is 0.251 e. The smallest absolute Gasteiger partial charge is 0.251 e. The molecule has 0 spiro atoms. The number of aromatic nitrogens is 2. The molecule has 0 bridgehead atoms. The molecule has 1 aromatic carbocycles. The molecule has 0 unspecified atom stereocenters. The molecule has 1 N–H and O–H groups in total. The summed E-state index contributed by atoms with van der Waals surface area (Å²) in [5.41, 5.74) is 2.49. The van der Waals surface area contributed by atoms with Gasteiger partial charge in [-0.15, -0.1) is 0 Å². The van der Waals surface area contributed by atoms with Crippen molar-refractivity contribution in [3.63, 3.8) is 0 Å². The number of nitrogens with zero attached hydrogens (tertiary/aromatic N) is 3. The van der Waals surface area contributed by atoms with Crippen LogP contribution >= 0.6 is 0 Å². The van der Waals surface area contributed by atoms with Crippen LogP contribution in [0.1, 0.15) is 41.3 Å². The summed E-state index contributed by atoms with van der Waals surface area (Å²) >= 11 is 0. The molecule has 0 aliphatic carbocycles. The van der Waals surface area contributed by atoms with Gasteiger partial charge in [0.2, 0.25) is 0 Å². The predicted octanol–water partition coefficient (Wildman–Crippen LogP) is 3.98. The number of rotatable bonds is 9. The largest absolute Gasteiger partial charge is 0.490 e. The van der Waals surface area contributed by atoms with Crippen LogP contribution in [0.25, 0.3) is 0 Å². The lowest BCUT2D eigenvalue weighted by Gasteiger charge is -2.16. The Morgan fingerprint density at radius 1 is 1.00 bits per heavy atom. The van der Waals surface area contributed by atoms with Gasteiger partial charge in [0.1, 0.15) is 12.4 Å². The van der Waals surface area contributed by atoms with Gasteiger partial charge in [-0.3, -0.25) is 9.78 Å². The van der Waals surface area contributed by atoms with E-state index >= 15 is 0 Å². The number of amides is 1. The molecule has 1 amide bonds. The Kier molecular flexibility index (Phi) is 7.17. The first-order valence-corrected chi connectivity index (χ1v) is 11.0. The molecule has 0 saturated carbocycles. The van der Waals surface area contributed by atoms with E-state index in [4.69, 9.17) is 9.47 Å². The van der Waals surface area contributed by atoms with Crippen LogP contribution in [0.4, 0.5) is 5.82 Å². The number of hydrogen-bond acceptors (Lipinski definition) is 6. The fourth-order valence-electron chi connectivity index (χ4n) is 3.62. The van der Waals surface area contributed by atoms with Crippen LogP contribution in [0, 0.1) is 0 Å². The highest BCUT2D eigenvalue weighted by atomic mass is 16.5. The molecule has 7 nitrogen and oxygen atoms in total. The predicted molar refractivity (Wildman–Crippen MR) is 123 cm³/mol. The minimum Gasteiger partial charge on any atom is -0.490 e. The molecule has 166 valence electrons. The van der Waals surface area contributed by atoms with Gasteiger partial charge in [-0.1, -0.05) is 6.07 Å².